The van der Waals surface area contributed by atoms with Crippen molar-refractivity contribution in [1.82, 2.24) is 14.9 Å². The number of ether oxygens (including phenoxy) is 1. The van der Waals surface area contributed by atoms with Crippen molar-refractivity contribution < 1.29 is 9.84 Å². The molecule has 0 radical (unpaired) electrons. The fraction of sp³-hybridized carbons (Fsp3) is 0.118. The van der Waals surface area contributed by atoms with Crippen LogP contribution in [0.15, 0.2) is 59.0 Å². The van der Waals surface area contributed by atoms with Gasteiger partial charge in [-0.2, -0.15) is 9.78 Å². The molecule has 0 spiro atoms. The number of aromatic hydroxyl groups is 1. The van der Waals surface area contributed by atoms with Gasteiger partial charge in [0.25, 0.3) is 0 Å². The first kappa shape index (κ1) is 17.3. The van der Waals surface area contributed by atoms with Crippen LogP contribution in [0.5, 0.6) is 11.5 Å². The lowest BCUT2D eigenvalue weighted by Crippen LogP contribution is -1.93. The van der Waals surface area contributed by atoms with Crippen LogP contribution in [0.2, 0.25) is 5.02 Å². The van der Waals surface area contributed by atoms with Crippen molar-refractivity contribution in [2.75, 3.05) is 7.11 Å². The molecule has 0 aliphatic heterocycles. The molecule has 0 aliphatic carbocycles. The number of phenolic OH excluding ortho intramolecular Hbond substituents is 1. The number of rotatable bonds is 6. The molecule has 0 atom stereocenters. The van der Waals surface area contributed by atoms with Crippen LogP contribution in [-0.2, 0) is 5.75 Å². The molecule has 0 unspecified atom stereocenters. The Balaban J connectivity index is 1.72. The summed E-state index contributed by atoms with van der Waals surface area (Å²) in [5.41, 5.74) is 1.81. The Kier molecular flexibility index (Phi) is 5.57. The van der Waals surface area contributed by atoms with Crippen LogP contribution in [0.3, 0.4) is 0 Å². The number of benzene rings is 2. The summed E-state index contributed by atoms with van der Waals surface area (Å²) in [6, 6.07) is 12.7. The van der Waals surface area contributed by atoms with Crippen LogP contribution >= 0.6 is 23.4 Å². The number of hydrogen-bond acceptors (Lipinski definition) is 6. The monoisotopic (exact) mass is 374 g/mol. The van der Waals surface area contributed by atoms with E-state index in [0.717, 1.165) is 16.1 Å². The van der Waals surface area contributed by atoms with Crippen LogP contribution < -0.4 is 4.74 Å². The maximum atomic E-state index is 9.62. The Morgan fingerprint density at radius 3 is 2.96 bits per heavy atom. The average Bonchev–Trinajstić information content (AvgIpc) is 3.08. The summed E-state index contributed by atoms with van der Waals surface area (Å²) >= 11 is 7.66. The predicted octanol–water partition coefficient (Wildman–Crippen LogP) is 3.82. The fourth-order valence-corrected chi connectivity index (χ4v) is 3.20. The normalized spacial score (nSPS) is 11.1. The number of aromatic nitrogens is 3. The molecule has 0 bridgehead atoms. The van der Waals surface area contributed by atoms with E-state index < -0.39 is 0 Å². The number of methoxy groups -OCH3 is 1. The summed E-state index contributed by atoms with van der Waals surface area (Å²) < 4.78 is 6.67. The third-order valence-electron chi connectivity index (χ3n) is 3.35. The first-order chi connectivity index (χ1) is 12.2. The zero-order valence-corrected chi connectivity index (χ0v) is 14.9. The Morgan fingerprint density at radius 2 is 2.16 bits per heavy atom. The Labute approximate surface area is 154 Å². The molecule has 3 aromatic rings. The van der Waals surface area contributed by atoms with Gasteiger partial charge in [0.15, 0.2) is 11.5 Å². The van der Waals surface area contributed by atoms with E-state index in [9.17, 15) is 5.11 Å². The molecule has 0 fully saturated rings. The van der Waals surface area contributed by atoms with Crippen molar-refractivity contribution in [2.24, 2.45) is 5.10 Å². The maximum absolute atomic E-state index is 9.62. The molecule has 2 aromatic carbocycles. The highest BCUT2D eigenvalue weighted by atomic mass is 35.5. The molecule has 8 heteroatoms. The van der Waals surface area contributed by atoms with Crippen LogP contribution in [-0.4, -0.2) is 33.3 Å². The van der Waals surface area contributed by atoms with Gasteiger partial charge in [0.2, 0.25) is 5.16 Å². The molecule has 0 aliphatic rings. The standard InChI is InChI=1S/C17H15ClN4O2S/c1-24-16-8-12(6-7-15(16)23)9-20-22-11-19-21-17(22)25-10-13-4-2-3-5-14(13)18/h2-9,11,23H,10H2,1H3/b20-9+. The van der Waals surface area contributed by atoms with Crippen molar-refractivity contribution in [1.29, 1.82) is 0 Å². The molecule has 3 rings (SSSR count). The highest BCUT2D eigenvalue weighted by molar-refractivity contribution is 7.98. The molecule has 1 N–H and O–H groups in total. The molecule has 6 nitrogen and oxygen atoms in total. The zero-order valence-electron chi connectivity index (χ0n) is 13.3. The summed E-state index contributed by atoms with van der Waals surface area (Å²) in [4.78, 5) is 0. The molecule has 25 heavy (non-hydrogen) atoms. The molecular weight excluding hydrogens is 360 g/mol. The van der Waals surface area contributed by atoms with Gasteiger partial charge in [-0.25, -0.2) is 0 Å². The third-order valence-corrected chi connectivity index (χ3v) is 4.70. The lowest BCUT2D eigenvalue weighted by atomic mass is 10.2. The second-order valence-corrected chi connectivity index (χ2v) is 6.36. The summed E-state index contributed by atoms with van der Waals surface area (Å²) in [5.74, 6) is 1.14. The van der Waals surface area contributed by atoms with Crippen LogP contribution in [0, 0.1) is 0 Å². The topological polar surface area (TPSA) is 72.5 Å². The average molecular weight is 375 g/mol. The Hall–Kier alpha value is -2.51. The van der Waals surface area contributed by atoms with Crippen molar-refractivity contribution in [3.8, 4) is 11.5 Å². The lowest BCUT2D eigenvalue weighted by molar-refractivity contribution is 0.373. The Bertz CT molecular complexity index is 898. The highest BCUT2D eigenvalue weighted by Gasteiger charge is 2.07. The van der Waals surface area contributed by atoms with E-state index >= 15 is 0 Å². The van der Waals surface area contributed by atoms with E-state index in [0.29, 0.717) is 16.7 Å². The SMILES string of the molecule is COc1cc(/C=N/n2cnnc2SCc2ccccc2Cl)ccc1O. The molecule has 1 heterocycles. The first-order valence-corrected chi connectivity index (χ1v) is 8.71. The first-order valence-electron chi connectivity index (χ1n) is 7.35. The number of hydrogen-bond donors (Lipinski definition) is 1. The van der Waals surface area contributed by atoms with Gasteiger partial charge in [-0.1, -0.05) is 41.6 Å². The van der Waals surface area contributed by atoms with E-state index in [1.165, 1.54) is 25.2 Å². The van der Waals surface area contributed by atoms with Gasteiger partial charge in [-0.3, -0.25) is 0 Å². The summed E-state index contributed by atoms with van der Waals surface area (Å²) in [5, 5.41) is 23.3. The molecule has 1 aromatic heterocycles. The number of thioether (sulfide) groups is 1. The third kappa shape index (κ3) is 4.32. The van der Waals surface area contributed by atoms with Crippen LogP contribution in [0.4, 0.5) is 0 Å². The molecule has 0 saturated heterocycles. The van der Waals surface area contributed by atoms with Crippen LogP contribution in [0.25, 0.3) is 0 Å². The van der Waals surface area contributed by atoms with Gasteiger partial charge in [0.1, 0.15) is 6.33 Å². The fourth-order valence-electron chi connectivity index (χ4n) is 2.05. The minimum Gasteiger partial charge on any atom is -0.504 e. The lowest BCUT2D eigenvalue weighted by Gasteiger charge is -2.04. The molecular formula is C17H15ClN4O2S. The van der Waals surface area contributed by atoms with E-state index in [1.54, 1.807) is 29.1 Å². The van der Waals surface area contributed by atoms with Crippen LogP contribution in [0.1, 0.15) is 11.1 Å². The zero-order chi connectivity index (χ0) is 17.6. The minimum atomic E-state index is 0.0833. The van der Waals surface area contributed by atoms with Gasteiger partial charge >= 0.3 is 0 Å². The van der Waals surface area contributed by atoms with Crippen molar-refractivity contribution in [2.45, 2.75) is 10.9 Å². The molecule has 0 saturated carbocycles. The van der Waals surface area contributed by atoms with E-state index in [-0.39, 0.29) is 5.75 Å². The van der Waals surface area contributed by atoms with Gasteiger partial charge < -0.3 is 9.84 Å². The van der Waals surface area contributed by atoms with Gasteiger partial charge in [0, 0.05) is 10.8 Å². The second-order valence-electron chi connectivity index (χ2n) is 5.01. The summed E-state index contributed by atoms with van der Waals surface area (Å²) in [6.07, 6.45) is 3.17. The van der Waals surface area contributed by atoms with Crippen molar-refractivity contribution in [3.63, 3.8) is 0 Å². The van der Waals surface area contributed by atoms with Gasteiger partial charge in [0.05, 0.1) is 13.3 Å². The summed E-state index contributed by atoms with van der Waals surface area (Å²) in [7, 11) is 1.50. The molecule has 128 valence electrons. The minimum absolute atomic E-state index is 0.0833. The maximum Gasteiger partial charge on any atom is 0.212 e. The van der Waals surface area contributed by atoms with E-state index in [2.05, 4.69) is 15.3 Å². The highest BCUT2D eigenvalue weighted by Crippen LogP contribution is 2.26. The van der Waals surface area contributed by atoms with Gasteiger partial charge in [-0.05, 0) is 35.4 Å². The van der Waals surface area contributed by atoms with Crippen molar-refractivity contribution >= 4 is 29.6 Å². The quantitative estimate of drug-likeness (QED) is 0.524. The van der Waals surface area contributed by atoms with Crippen molar-refractivity contribution in [3.05, 3.63) is 64.9 Å². The summed E-state index contributed by atoms with van der Waals surface area (Å²) in [6.45, 7) is 0. The van der Waals surface area contributed by atoms with Gasteiger partial charge in [-0.15, -0.1) is 10.2 Å². The molecule has 0 amide bonds. The Morgan fingerprint density at radius 1 is 1.32 bits per heavy atom. The number of nitrogens with zero attached hydrogens (tertiary/aromatic N) is 4. The van der Waals surface area contributed by atoms with E-state index in [1.807, 2.05) is 24.3 Å². The number of halogens is 1. The largest absolute Gasteiger partial charge is 0.504 e. The smallest absolute Gasteiger partial charge is 0.212 e. The van der Waals surface area contributed by atoms with E-state index in [4.69, 9.17) is 16.3 Å². The number of phenols is 1. The predicted molar refractivity (Wildman–Crippen MR) is 98.7 cm³/mol. The second kappa shape index (κ2) is 8.04.